The number of rotatable bonds is 22. The molecular formula is C33H46F4O4. The maximum atomic E-state index is 14.0. The molecule has 0 aliphatic heterocycles. The lowest BCUT2D eigenvalue weighted by atomic mass is 10.1. The molecule has 0 aliphatic carbocycles. The van der Waals surface area contributed by atoms with Crippen molar-refractivity contribution < 1.29 is 36.6 Å². The van der Waals surface area contributed by atoms with Crippen molar-refractivity contribution in [1.29, 1.82) is 0 Å². The van der Waals surface area contributed by atoms with Gasteiger partial charge in [0.05, 0.1) is 12.2 Å². The quantitative estimate of drug-likeness (QED) is 0.0600. The molecule has 0 spiro atoms. The Morgan fingerprint density at radius 1 is 0.683 bits per heavy atom. The Bertz CT molecular complexity index is 945. The van der Waals surface area contributed by atoms with Crippen molar-refractivity contribution in [3.8, 4) is 17.2 Å². The van der Waals surface area contributed by atoms with E-state index in [-0.39, 0.29) is 13.0 Å². The molecule has 0 radical (unpaired) electrons. The molecule has 2 rings (SSSR count). The van der Waals surface area contributed by atoms with Crippen molar-refractivity contribution in [2.24, 2.45) is 0 Å². The summed E-state index contributed by atoms with van der Waals surface area (Å²) in [6, 6.07) is 13.4. The highest BCUT2D eigenvalue weighted by atomic mass is 19.4. The largest absolute Gasteiger partial charge is 0.494 e. The summed E-state index contributed by atoms with van der Waals surface area (Å²) in [4.78, 5) is 12.5. The van der Waals surface area contributed by atoms with Crippen LogP contribution in [0.2, 0.25) is 0 Å². The van der Waals surface area contributed by atoms with Gasteiger partial charge < -0.3 is 14.2 Å². The van der Waals surface area contributed by atoms with E-state index in [1.807, 2.05) is 0 Å². The second-order valence-electron chi connectivity index (χ2n) is 10.5. The molecule has 41 heavy (non-hydrogen) atoms. The van der Waals surface area contributed by atoms with Crippen LogP contribution in [0.1, 0.15) is 114 Å². The molecule has 0 N–H and O–H groups in total. The first-order valence-corrected chi connectivity index (χ1v) is 15.2. The zero-order valence-corrected chi connectivity index (χ0v) is 24.4. The van der Waals surface area contributed by atoms with Gasteiger partial charge in [0, 0.05) is 6.42 Å². The average molecular weight is 583 g/mol. The van der Waals surface area contributed by atoms with Gasteiger partial charge in [-0.25, -0.2) is 9.18 Å². The normalized spacial score (nSPS) is 12.2. The van der Waals surface area contributed by atoms with Gasteiger partial charge in [0.25, 0.3) is 0 Å². The van der Waals surface area contributed by atoms with Crippen LogP contribution in [0, 0.1) is 0 Å². The maximum Gasteiger partial charge on any atom is 0.389 e. The Morgan fingerprint density at radius 3 is 1.80 bits per heavy atom. The smallest absolute Gasteiger partial charge is 0.389 e. The van der Waals surface area contributed by atoms with Crippen LogP contribution in [0.5, 0.6) is 17.2 Å². The number of benzene rings is 2. The van der Waals surface area contributed by atoms with E-state index in [4.69, 9.17) is 14.2 Å². The van der Waals surface area contributed by atoms with Crippen molar-refractivity contribution in [2.45, 2.75) is 116 Å². The molecule has 0 aliphatic rings. The van der Waals surface area contributed by atoms with Crippen LogP contribution in [0.4, 0.5) is 17.6 Å². The van der Waals surface area contributed by atoms with Crippen LogP contribution < -0.4 is 14.2 Å². The van der Waals surface area contributed by atoms with E-state index in [9.17, 15) is 22.4 Å². The van der Waals surface area contributed by atoms with E-state index < -0.39 is 24.7 Å². The Hall–Kier alpha value is -2.77. The van der Waals surface area contributed by atoms with E-state index in [0.717, 1.165) is 70.6 Å². The number of esters is 1. The summed E-state index contributed by atoms with van der Waals surface area (Å²) in [5.74, 6) is 1.10. The molecular weight excluding hydrogens is 536 g/mol. The van der Waals surface area contributed by atoms with Gasteiger partial charge in [-0.2, -0.15) is 13.2 Å². The fourth-order valence-corrected chi connectivity index (χ4v) is 4.37. The molecule has 2 aromatic carbocycles. The molecule has 0 bridgehead atoms. The van der Waals surface area contributed by atoms with Gasteiger partial charge in [0.15, 0.2) is 0 Å². The van der Waals surface area contributed by atoms with Crippen LogP contribution in [-0.2, 0) is 0 Å². The molecule has 230 valence electrons. The molecule has 1 atom stereocenters. The van der Waals surface area contributed by atoms with E-state index >= 15 is 0 Å². The summed E-state index contributed by atoms with van der Waals surface area (Å²) < 4.78 is 67.0. The van der Waals surface area contributed by atoms with Gasteiger partial charge in [-0.05, 0) is 67.8 Å². The molecule has 1 unspecified atom stereocenters. The number of halogens is 4. The first-order valence-electron chi connectivity index (χ1n) is 15.2. The first kappa shape index (κ1) is 34.4. The van der Waals surface area contributed by atoms with Crippen molar-refractivity contribution in [3.63, 3.8) is 0 Å². The van der Waals surface area contributed by atoms with Gasteiger partial charge in [0.2, 0.25) is 0 Å². The number of hydrogen-bond donors (Lipinski definition) is 0. The Labute approximate surface area is 242 Å². The summed E-state index contributed by atoms with van der Waals surface area (Å²) in [5, 5.41) is 0. The van der Waals surface area contributed by atoms with Gasteiger partial charge >= 0.3 is 12.1 Å². The third-order valence-corrected chi connectivity index (χ3v) is 6.80. The summed E-state index contributed by atoms with van der Waals surface area (Å²) in [6.45, 7) is 2.72. The molecule has 0 amide bonds. The Balaban J connectivity index is 1.55. The molecule has 4 nitrogen and oxygen atoms in total. The predicted octanol–water partition coefficient (Wildman–Crippen LogP) is 10.4. The SMILES string of the molecule is CCCCCCC(F)COc1ccc(OC(=O)c2ccc(OCCCCCCCCCCCC(F)(F)F)cc2)cc1. The third kappa shape index (κ3) is 16.9. The number of alkyl halides is 4. The monoisotopic (exact) mass is 582 g/mol. The van der Waals surface area contributed by atoms with Crippen LogP contribution in [0.3, 0.4) is 0 Å². The summed E-state index contributed by atoms with van der Waals surface area (Å²) >= 11 is 0. The third-order valence-electron chi connectivity index (χ3n) is 6.80. The summed E-state index contributed by atoms with van der Waals surface area (Å²) in [5.41, 5.74) is 0.402. The van der Waals surface area contributed by atoms with E-state index in [1.54, 1.807) is 48.5 Å². The molecule has 0 heterocycles. The number of unbranched alkanes of at least 4 members (excludes halogenated alkanes) is 11. The number of ether oxygens (including phenoxy) is 3. The summed E-state index contributed by atoms with van der Waals surface area (Å²) in [7, 11) is 0. The van der Waals surface area contributed by atoms with Crippen molar-refractivity contribution in [2.75, 3.05) is 13.2 Å². The van der Waals surface area contributed by atoms with E-state index in [2.05, 4.69) is 6.92 Å². The van der Waals surface area contributed by atoms with Crippen LogP contribution in [-0.4, -0.2) is 31.5 Å². The maximum absolute atomic E-state index is 14.0. The van der Waals surface area contributed by atoms with Crippen molar-refractivity contribution >= 4 is 5.97 Å². The number of carbonyl (C=O) groups excluding carboxylic acids is 1. The van der Waals surface area contributed by atoms with Crippen molar-refractivity contribution in [3.05, 3.63) is 54.1 Å². The van der Waals surface area contributed by atoms with Gasteiger partial charge in [0.1, 0.15) is 30.0 Å². The zero-order valence-electron chi connectivity index (χ0n) is 24.4. The van der Waals surface area contributed by atoms with Crippen molar-refractivity contribution in [1.82, 2.24) is 0 Å². The molecule has 0 aromatic heterocycles. The highest BCUT2D eigenvalue weighted by Crippen LogP contribution is 2.24. The van der Waals surface area contributed by atoms with E-state index in [1.165, 1.54) is 0 Å². The number of carbonyl (C=O) groups is 1. The lowest BCUT2D eigenvalue weighted by Crippen LogP contribution is -2.13. The van der Waals surface area contributed by atoms with Crippen LogP contribution in [0.15, 0.2) is 48.5 Å². The second-order valence-corrected chi connectivity index (χ2v) is 10.5. The predicted molar refractivity (Wildman–Crippen MR) is 155 cm³/mol. The van der Waals surface area contributed by atoms with Gasteiger partial charge in [-0.1, -0.05) is 77.6 Å². The fraction of sp³-hybridized carbons (Fsp3) is 0.606. The second kappa shape index (κ2) is 20.2. The number of hydrogen-bond acceptors (Lipinski definition) is 4. The zero-order chi connectivity index (χ0) is 29.8. The lowest BCUT2D eigenvalue weighted by Gasteiger charge is -2.11. The van der Waals surface area contributed by atoms with Gasteiger partial charge in [-0.15, -0.1) is 0 Å². The molecule has 8 heteroatoms. The molecule has 0 saturated heterocycles. The Morgan fingerprint density at radius 2 is 1.20 bits per heavy atom. The minimum atomic E-state index is -4.03. The molecule has 2 aromatic rings. The lowest BCUT2D eigenvalue weighted by molar-refractivity contribution is -0.135. The standard InChI is InChI=1S/C33H46F4O4/c1-2-3-4-12-15-28(34)26-40-30-20-22-31(23-21-30)41-32(38)27-16-18-29(19-17-27)39-25-14-11-9-7-5-6-8-10-13-24-33(35,36)37/h16-23,28H,2-15,24-26H2,1H3. The highest BCUT2D eigenvalue weighted by molar-refractivity contribution is 5.91. The minimum absolute atomic E-state index is 0.0129. The average Bonchev–Trinajstić information content (AvgIpc) is 2.95. The fourth-order valence-electron chi connectivity index (χ4n) is 4.37. The summed E-state index contributed by atoms with van der Waals surface area (Å²) in [6.07, 6.45) is 6.88. The molecule has 0 saturated carbocycles. The topological polar surface area (TPSA) is 44.8 Å². The highest BCUT2D eigenvalue weighted by Gasteiger charge is 2.25. The van der Waals surface area contributed by atoms with E-state index in [0.29, 0.717) is 42.3 Å². The van der Waals surface area contributed by atoms with Crippen LogP contribution in [0.25, 0.3) is 0 Å². The first-order chi connectivity index (χ1) is 19.8. The molecule has 0 fully saturated rings. The minimum Gasteiger partial charge on any atom is -0.494 e. The van der Waals surface area contributed by atoms with Gasteiger partial charge in [-0.3, -0.25) is 0 Å². The van der Waals surface area contributed by atoms with Crippen LogP contribution >= 0.6 is 0 Å². The Kier molecular flexibility index (Phi) is 16.9.